The SMILES string of the molecule is CC(C)NCC(O)COc1ccc(CCOC2CCC2)cc1. The minimum Gasteiger partial charge on any atom is -0.491 e. The molecule has 0 aliphatic heterocycles. The zero-order valence-electron chi connectivity index (χ0n) is 13.8. The first kappa shape index (κ1) is 17.3. The van der Waals surface area contributed by atoms with Crippen LogP contribution in [0.4, 0.5) is 0 Å². The molecule has 4 heteroatoms. The molecule has 2 N–H and O–H groups in total. The molecular weight excluding hydrogens is 278 g/mol. The number of aliphatic hydroxyl groups excluding tert-OH is 1. The number of ether oxygens (including phenoxy) is 2. The van der Waals surface area contributed by atoms with Gasteiger partial charge in [0.25, 0.3) is 0 Å². The Morgan fingerprint density at radius 3 is 2.55 bits per heavy atom. The van der Waals surface area contributed by atoms with Crippen molar-refractivity contribution in [1.29, 1.82) is 0 Å². The fourth-order valence-electron chi connectivity index (χ4n) is 2.26. The molecule has 0 aromatic heterocycles. The average Bonchev–Trinajstić information content (AvgIpc) is 2.46. The predicted octanol–water partition coefficient (Wildman–Crippen LogP) is 2.54. The second-order valence-corrected chi connectivity index (χ2v) is 6.35. The molecule has 0 spiro atoms. The molecule has 124 valence electrons. The fourth-order valence-corrected chi connectivity index (χ4v) is 2.26. The number of hydrogen-bond donors (Lipinski definition) is 2. The summed E-state index contributed by atoms with van der Waals surface area (Å²) in [4.78, 5) is 0. The summed E-state index contributed by atoms with van der Waals surface area (Å²) in [7, 11) is 0. The van der Waals surface area contributed by atoms with E-state index in [1.54, 1.807) is 0 Å². The summed E-state index contributed by atoms with van der Waals surface area (Å²) < 4.78 is 11.4. The van der Waals surface area contributed by atoms with E-state index in [9.17, 15) is 5.11 Å². The molecule has 1 aromatic carbocycles. The summed E-state index contributed by atoms with van der Waals surface area (Å²) in [6.07, 6.45) is 4.72. The van der Waals surface area contributed by atoms with E-state index in [-0.39, 0.29) is 0 Å². The number of rotatable bonds is 10. The molecule has 0 bridgehead atoms. The summed E-state index contributed by atoms with van der Waals surface area (Å²) in [5.41, 5.74) is 1.26. The Morgan fingerprint density at radius 2 is 1.95 bits per heavy atom. The monoisotopic (exact) mass is 307 g/mol. The molecule has 1 unspecified atom stereocenters. The second kappa shape index (κ2) is 9.13. The van der Waals surface area contributed by atoms with Crippen LogP contribution in [0.25, 0.3) is 0 Å². The maximum Gasteiger partial charge on any atom is 0.119 e. The van der Waals surface area contributed by atoms with Crippen LogP contribution in [0.15, 0.2) is 24.3 Å². The van der Waals surface area contributed by atoms with Gasteiger partial charge >= 0.3 is 0 Å². The van der Waals surface area contributed by atoms with Crippen LogP contribution >= 0.6 is 0 Å². The molecule has 1 aliphatic carbocycles. The topological polar surface area (TPSA) is 50.7 Å². The Balaban J connectivity index is 1.63. The van der Waals surface area contributed by atoms with E-state index < -0.39 is 6.10 Å². The number of hydrogen-bond acceptors (Lipinski definition) is 4. The molecule has 1 saturated carbocycles. The third kappa shape index (κ3) is 6.34. The van der Waals surface area contributed by atoms with Crippen LogP contribution in [0.5, 0.6) is 5.75 Å². The van der Waals surface area contributed by atoms with Crippen molar-refractivity contribution < 1.29 is 14.6 Å². The van der Waals surface area contributed by atoms with Gasteiger partial charge in [0, 0.05) is 12.6 Å². The molecule has 1 fully saturated rings. The number of nitrogens with one attached hydrogen (secondary N) is 1. The Morgan fingerprint density at radius 1 is 1.23 bits per heavy atom. The molecule has 4 nitrogen and oxygen atoms in total. The van der Waals surface area contributed by atoms with Crippen molar-refractivity contribution in [2.45, 2.75) is 57.8 Å². The third-order valence-corrected chi connectivity index (χ3v) is 3.92. The van der Waals surface area contributed by atoms with Crippen LogP contribution < -0.4 is 10.1 Å². The van der Waals surface area contributed by atoms with Gasteiger partial charge in [0.15, 0.2) is 0 Å². The summed E-state index contributed by atoms with van der Waals surface area (Å²) in [5.74, 6) is 0.798. The van der Waals surface area contributed by atoms with Gasteiger partial charge in [0.2, 0.25) is 0 Å². The quantitative estimate of drug-likeness (QED) is 0.697. The largest absolute Gasteiger partial charge is 0.491 e. The van der Waals surface area contributed by atoms with Crippen LogP contribution in [-0.4, -0.2) is 43.1 Å². The molecule has 1 atom stereocenters. The van der Waals surface area contributed by atoms with Crippen molar-refractivity contribution in [3.05, 3.63) is 29.8 Å². The molecule has 0 amide bonds. The van der Waals surface area contributed by atoms with Crippen molar-refractivity contribution in [3.8, 4) is 5.75 Å². The van der Waals surface area contributed by atoms with Crippen molar-refractivity contribution in [2.75, 3.05) is 19.8 Å². The van der Waals surface area contributed by atoms with Gasteiger partial charge in [-0.2, -0.15) is 0 Å². The van der Waals surface area contributed by atoms with Gasteiger partial charge < -0.3 is 19.9 Å². The number of benzene rings is 1. The maximum atomic E-state index is 9.81. The van der Waals surface area contributed by atoms with E-state index in [2.05, 4.69) is 31.3 Å². The van der Waals surface area contributed by atoms with Crippen molar-refractivity contribution in [1.82, 2.24) is 5.32 Å². The van der Waals surface area contributed by atoms with Crippen LogP contribution in [0.3, 0.4) is 0 Å². The highest BCUT2D eigenvalue weighted by molar-refractivity contribution is 5.27. The van der Waals surface area contributed by atoms with E-state index >= 15 is 0 Å². The zero-order chi connectivity index (χ0) is 15.8. The highest BCUT2D eigenvalue weighted by Gasteiger charge is 2.17. The van der Waals surface area contributed by atoms with Gasteiger partial charge in [0.1, 0.15) is 18.5 Å². The van der Waals surface area contributed by atoms with Crippen LogP contribution in [0, 0.1) is 0 Å². The molecule has 0 heterocycles. The summed E-state index contributed by atoms with van der Waals surface area (Å²) >= 11 is 0. The van der Waals surface area contributed by atoms with Crippen LogP contribution in [0.2, 0.25) is 0 Å². The Kier molecular flexibility index (Phi) is 7.16. The lowest BCUT2D eigenvalue weighted by atomic mass is 9.96. The van der Waals surface area contributed by atoms with Crippen molar-refractivity contribution in [2.24, 2.45) is 0 Å². The normalized spacial score (nSPS) is 16.5. The number of aliphatic hydroxyl groups is 1. The zero-order valence-corrected chi connectivity index (χ0v) is 13.8. The van der Waals surface area contributed by atoms with Gasteiger partial charge in [-0.3, -0.25) is 0 Å². The van der Waals surface area contributed by atoms with Gasteiger partial charge in [0.05, 0.1) is 12.7 Å². The Bertz CT molecular complexity index is 415. The first-order chi connectivity index (χ1) is 10.6. The Hall–Kier alpha value is -1.10. The van der Waals surface area contributed by atoms with E-state index in [1.165, 1.54) is 24.8 Å². The van der Waals surface area contributed by atoms with E-state index in [0.29, 0.717) is 25.3 Å². The first-order valence-electron chi connectivity index (χ1n) is 8.38. The highest BCUT2D eigenvalue weighted by atomic mass is 16.5. The molecule has 22 heavy (non-hydrogen) atoms. The molecule has 2 rings (SSSR count). The molecule has 1 aliphatic rings. The molecule has 0 saturated heterocycles. The standard InChI is InChI=1S/C18H29NO3/c1-14(2)19-12-16(20)13-22-18-8-6-15(7-9-18)10-11-21-17-4-3-5-17/h6-9,14,16-17,19-20H,3-5,10-13H2,1-2H3. The lowest BCUT2D eigenvalue weighted by Gasteiger charge is -2.25. The maximum absolute atomic E-state index is 9.81. The minimum absolute atomic E-state index is 0.309. The summed E-state index contributed by atoms with van der Waals surface area (Å²) in [6.45, 7) is 5.77. The van der Waals surface area contributed by atoms with Gasteiger partial charge in [-0.1, -0.05) is 26.0 Å². The summed E-state index contributed by atoms with van der Waals surface area (Å²) in [6, 6.07) is 8.43. The fraction of sp³-hybridized carbons (Fsp3) is 0.667. The summed E-state index contributed by atoms with van der Waals surface area (Å²) in [5, 5.41) is 13.0. The third-order valence-electron chi connectivity index (χ3n) is 3.92. The average molecular weight is 307 g/mol. The lowest BCUT2D eigenvalue weighted by Crippen LogP contribution is -2.35. The van der Waals surface area contributed by atoms with E-state index in [1.807, 2.05) is 12.1 Å². The molecule has 0 radical (unpaired) electrons. The van der Waals surface area contributed by atoms with E-state index in [0.717, 1.165) is 18.8 Å². The highest BCUT2D eigenvalue weighted by Crippen LogP contribution is 2.22. The van der Waals surface area contributed by atoms with Gasteiger partial charge in [-0.15, -0.1) is 0 Å². The van der Waals surface area contributed by atoms with E-state index in [4.69, 9.17) is 9.47 Å². The smallest absolute Gasteiger partial charge is 0.119 e. The molecular formula is C18H29NO3. The van der Waals surface area contributed by atoms with Gasteiger partial charge in [-0.25, -0.2) is 0 Å². The van der Waals surface area contributed by atoms with Crippen molar-refractivity contribution >= 4 is 0 Å². The Labute approximate surface area is 133 Å². The van der Waals surface area contributed by atoms with Crippen LogP contribution in [0.1, 0.15) is 38.7 Å². The second-order valence-electron chi connectivity index (χ2n) is 6.35. The lowest BCUT2D eigenvalue weighted by molar-refractivity contribution is 0.00413. The predicted molar refractivity (Wildman–Crippen MR) is 88.4 cm³/mol. The van der Waals surface area contributed by atoms with Gasteiger partial charge in [-0.05, 0) is 43.4 Å². The minimum atomic E-state index is -0.488. The first-order valence-corrected chi connectivity index (χ1v) is 8.38. The van der Waals surface area contributed by atoms with Crippen molar-refractivity contribution in [3.63, 3.8) is 0 Å². The van der Waals surface area contributed by atoms with Crippen LogP contribution in [-0.2, 0) is 11.2 Å². The molecule has 1 aromatic rings.